The van der Waals surface area contributed by atoms with E-state index in [1.165, 1.54) is 21.7 Å². The number of benzene rings is 4. The van der Waals surface area contributed by atoms with E-state index in [0.717, 1.165) is 55.3 Å². The molecule has 4 aromatic carbocycles. The smallest absolute Gasteiger partial charge is 0.503 e. The van der Waals surface area contributed by atoms with Crippen molar-refractivity contribution in [2.75, 3.05) is 0 Å². The summed E-state index contributed by atoms with van der Waals surface area (Å²) < 4.78 is 10.8. The average molecular weight is 696 g/mol. The van der Waals surface area contributed by atoms with Crippen molar-refractivity contribution in [3.63, 3.8) is 0 Å². The van der Waals surface area contributed by atoms with Crippen LogP contribution in [-0.2, 0) is 21.1 Å². The van der Waals surface area contributed by atoms with Crippen molar-refractivity contribution < 1.29 is 25.8 Å². The molecule has 9 rings (SSSR count). The van der Waals surface area contributed by atoms with Crippen LogP contribution in [-0.4, -0.2) is 18.8 Å². The second-order valence-corrected chi connectivity index (χ2v) is 10.2. The van der Waals surface area contributed by atoms with Gasteiger partial charge in [-0.3, -0.25) is 4.98 Å². The van der Waals surface area contributed by atoms with Gasteiger partial charge in [-0.05, 0) is 42.8 Å². The van der Waals surface area contributed by atoms with E-state index in [1.807, 2.05) is 24.4 Å². The number of hydrogen-bond acceptors (Lipinski definition) is 3. The number of nitrogens with zero attached hydrogens (tertiary/aromatic N) is 4. The molecule has 9 aromatic rings. The van der Waals surface area contributed by atoms with E-state index in [9.17, 15) is 0 Å². The number of aromatic nitrogens is 4. The van der Waals surface area contributed by atoms with Crippen LogP contribution in [0, 0.1) is 26.0 Å². The van der Waals surface area contributed by atoms with Gasteiger partial charge in [0.1, 0.15) is 5.65 Å². The summed E-state index contributed by atoms with van der Waals surface area (Å²) in [6.45, 7) is 4.17. The average Bonchev–Trinajstić information content (AvgIpc) is 3.59. The summed E-state index contributed by atoms with van der Waals surface area (Å²) in [6.07, 6.45) is 1.84. The largest absolute Gasteiger partial charge is 2.00 e. The van der Waals surface area contributed by atoms with Crippen LogP contribution in [0.2, 0.25) is 0 Å². The maximum absolute atomic E-state index is 6.41. The third kappa shape index (κ3) is 2.96. The fourth-order valence-corrected chi connectivity index (χ4v) is 6.27. The van der Waals surface area contributed by atoms with Crippen LogP contribution in [0.25, 0.3) is 65.5 Å². The first kappa shape index (κ1) is 23.4. The Bertz CT molecular complexity index is 2450. The molecule has 0 fully saturated rings. The number of imidazole rings is 1. The predicted octanol–water partition coefficient (Wildman–Crippen LogP) is 8.19. The second kappa shape index (κ2) is 8.27. The standard InChI is InChI=1S/C34H20N4O.Pt/c1-19-20(2)37-30-11-4-3-7-24(30)23-14-12-21(17-29(23)34(37)36-19)39-22-13-15-25-26-8-5-9-27-28-10-6-16-35-33(28)38(32(26)27)31(25)18-22;/h3-16H,1-2H3;/q-2;+2. The van der Waals surface area contributed by atoms with E-state index >= 15 is 0 Å². The molecule has 0 aliphatic heterocycles. The summed E-state index contributed by atoms with van der Waals surface area (Å²) in [5, 5.41) is 7.89. The number of pyridine rings is 2. The van der Waals surface area contributed by atoms with Crippen molar-refractivity contribution in [2.24, 2.45) is 0 Å². The second-order valence-electron chi connectivity index (χ2n) is 10.2. The number of para-hydroxylation sites is 2. The zero-order valence-electron chi connectivity index (χ0n) is 21.6. The Morgan fingerprint density at radius 2 is 1.38 bits per heavy atom. The molecule has 0 spiro atoms. The Balaban J connectivity index is 0.00000245. The minimum atomic E-state index is 0. The molecular formula is C34H20N4OPt. The Morgan fingerprint density at radius 3 is 2.25 bits per heavy atom. The van der Waals surface area contributed by atoms with Crippen LogP contribution in [0.3, 0.4) is 0 Å². The Kier molecular flexibility index (Phi) is 4.84. The zero-order chi connectivity index (χ0) is 25.8. The number of aryl methyl sites for hydroxylation is 2. The molecule has 6 heteroatoms. The maximum atomic E-state index is 6.41. The molecule has 0 saturated heterocycles. The molecule has 5 aromatic heterocycles. The minimum absolute atomic E-state index is 0. The van der Waals surface area contributed by atoms with Gasteiger partial charge in [0.05, 0.1) is 5.65 Å². The molecule has 40 heavy (non-hydrogen) atoms. The minimum Gasteiger partial charge on any atom is -0.503 e. The van der Waals surface area contributed by atoms with Crippen LogP contribution in [0.4, 0.5) is 0 Å². The molecule has 0 unspecified atom stereocenters. The predicted molar refractivity (Wildman–Crippen MR) is 156 cm³/mol. The monoisotopic (exact) mass is 695 g/mol. The molecule has 0 saturated carbocycles. The fourth-order valence-electron chi connectivity index (χ4n) is 6.27. The summed E-state index contributed by atoms with van der Waals surface area (Å²) in [5.41, 5.74) is 7.25. The number of rotatable bonds is 2. The molecule has 0 N–H and O–H groups in total. The van der Waals surface area contributed by atoms with Crippen LogP contribution in [0.1, 0.15) is 11.4 Å². The molecule has 0 aliphatic carbocycles. The van der Waals surface area contributed by atoms with E-state index in [4.69, 9.17) is 14.7 Å². The van der Waals surface area contributed by atoms with Crippen molar-refractivity contribution in [1.29, 1.82) is 0 Å². The number of hydrogen-bond donors (Lipinski definition) is 0. The van der Waals surface area contributed by atoms with Crippen molar-refractivity contribution in [3.05, 3.63) is 109 Å². The van der Waals surface area contributed by atoms with Crippen LogP contribution in [0.5, 0.6) is 11.5 Å². The zero-order valence-corrected chi connectivity index (χ0v) is 23.9. The molecule has 0 aliphatic rings. The molecule has 0 radical (unpaired) electrons. The fraction of sp³-hybridized carbons (Fsp3) is 0.0588. The van der Waals surface area contributed by atoms with Gasteiger partial charge in [0.15, 0.2) is 0 Å². The van der Waals surface area contributed by atoms with E-state index in [2.05, 4.69) is 95.4 Å². The summed E-state index contributed by atoms with van der Waals surface area (Å²) in [7, 11) is 0. The molecule has 0 amide bonds. The first-order valence-electron chi connectivity index (χ1n) is 13.0. The quantitative estimate of drug-likeness (QED) is 0.135. The van der Waals surface area contributed by atoms with Crippen molar-refractivity contribution in [1.82, 2.24) is 18.8 Å². The molecule has 5 heterocycles. The van der Waals surface area contributed by atoms with E-state index in [1.54, 1.807) is 0 Å². The summed E-state index contributed by atoms with van der Waals surface area (Å²) in [5.74, 6) is 1.26. The molecule has 0 atom stereocenters. The van der Waals surface area contributed by atoms with Gasteiger partial charge < -0.3 is 13.5 Å². The molecule has 0 bridgehead atoms. The SMILES string of the molecule is Cc1nc2c3[c-]c(Oc4[c-]c5c(cc4)c4cccc6c7cccnc7n5c46)ccc3c3ccccc3n2c1C.[Pt+2]. The van der Waals surface area contributed by atoms with Gasteiger partial charge in [-0.1, -0.05) is 58.8 Å². The van der Waals surface area contributed by atoms with Gasteiger partial charge >= 0.3 is 21.1 Å². The van der Waals surface area contributed by atoms with E-state index in [-0.39, 0.29) is 21.1 Å². The van der Waals surface area contributed by atoms with Crippen molar-refractivity contribution >= 4 is 65.5 Å². The number of fused-ring (bicyclic) bond motifs is 12. The van der Waals surface area contributed by atoms with Gasteiger partial charge in [-0.25, -0.2) is 4.98 Å². The summed E-state index contributed by atoms with van der Waals surface area (Å²) >= 11 is 0. The van der Waals surface area contributed by atoms with E-state index in [0.29, 0.717) is 11.5 Å². The maximum Gasteiger partial charge on any atom is 2.00 e. The number of ether oxygens (including phenoxy) is 1. The van der Waals surface area contributed by atoms with Gasteiger partial charge in [0.25, 0.3) is 0 Å². The van der Waals surface area contributed by atoms with Crippen molar-refractivity contribution in [3.8, 4) is 11.5 Å². The topological polar surface area (TPSA) is 43.8 Å². The van der Waals surface area contributed by atoms with E-state index < -0.39 is 0 Å². The summed E-state index contributed by atoms with van der Waals surface area (Å²) in [6, 6.07) is 34.3. The Morgan fingerprint density at radius 1 is 0.650 bits per heavy atom. The molecular weight excluding hydrogens is 675 g/mol. The van der Waals surface area contributed by atoms with Gasteiger partial charge in [0, 0.05) is 50.9 Å². The molecule has 5 nitrogen and oxygen atoms in total. The third-order valence-corrected chi connectivity index (χ3v) is 8.10. The van der Waals surface area contributed by atoms with Crippen LogP contribution < -0.4 is 4.74 Å². The Hall–Kier alpha value is -4.47. The first-order chi connectivity index (χ1) is 19.2. The first-order valence-corrected chi connectivity index (χ1v) is 13.0. The molecule has 192 valence electrons. The third-order valence-electron chi connectivity index (χ3n) is 8.10. The van der Waals surface area contributed by atoms with Crippen LogP contribution in [0.15, 0.2) is 85.1 Å². The summed E-state index contributed by atoms with van der Waals surface area (Å²) in [4.78, 5) is 9.63. The van der Waals surface area contributed by atoms with Crippen molar-refractivity contribution in [2.45, 2.75) is 13.8 Å². The van der Waals surface area contributed by atoms with Crippen LogP contribution >= 0.6 is 0 Å². The van der Waals surface area contributed by atoms with Gasteiger partial charge in [-0.15, -0.1) is 29.7 Å². The Labute approximate surface area is 243 Å². The normalized spacial score (nSPS) is 12.1. The van der Waals surface area contributed by atoms with Gasteiger partial charge in [0.2, 0.25) is 0 Å². The van der Waals surface area contributed by atoms with Gasteiger partial charge in [-0.2, -0.15) is 6.07 Å².